The Kier molecular flexibility index (Phi) is 6.49. The van der Waals surface area contributed by atoms with Crippen molar-refractivity contribution in [2.24, 2.45) is 23.5 Å². The van der Waals surface area contributed by atoms with E-state index in [0.717, 1.165) is 49.7 Å². The SMILES string of the molecule is COC1(c2cccc(C(N)=O)c2)C(CNC(C)/C=C2/CCCO2)CCCC1C1CC1. The van der Waals surface area contributed by atoms with Crippen molar-refractivity contribution in [3.05, 3.63) is 47.2 Å². The van der Waals surface area contributed by atoms with Gasteiger partial charge < -0.3 is 20.5 Å². The molecule has 3 fully saturated rings. The van der Waals surface area contributed by atoms with Gasteiger partial charge in [-0.25, -0.2) is 0 Å². The predicted octanol–water partition coefficient (Wildman–Crippen LogP) is 4.13. The minimum atomic E-state index is -0.381. The van der Waals surface area contributed by atoms with E-state index in [9.17, 15) is 4.79 Å². The normalized spacial score (nSPS) is 31.5. The summed E-state index contributed by atoms with van der Waals surface area (Å²) in [5, 5.41) is 3.73. The largest absolute Gasteiger partial charge is 0.498 e. The van der Waals surface area contributed by atoms with Crippen LogP contribution in [-0.2, 0) is 15.1 Å². The summed E-state index contributed by atoms with van der Waals surface area (Å²) in [6, 6.07) is 8.10. The van der Waals surface area contributed by atoms with E-state index in [2.05, 4.69) is 24.4 Å². The number of ether oxygens (including phenoxy) is 2. The van der Waals surface area contributed by atoms with Crippen LogP contribution in [0.25, 0.3) is 0 Å². The summed E-state index contributed by atoms with van der Waals surface area (Å²) in [6.07, 6.45) is 10.5. The Morgan fingerprint density at radius 1 is 1.33 bits per heavy atom. The molecule has 1 aromatic carbocycles. The Morgan fingerprint density at radius 3 is 2.83 bits per heavy atom. The first kappa shape index (κ1) is 21.4. The van der Waals surface area contributed by atoms with E-state index < -0.39 is 0 Å². The number of allylic oxidation sites excluding steroid dienone is 1. The molecule has 5 nitrogen and oxygen atoms in total. The van der Waals surface area contributed by atoms with E-state index in [1.807, 2.05) is 19.2 Å². The van der Waals surface area contributed by atoms with Gasteiger partial charge in [0.05, 0.1) is 18.0 Å². The summed E-state index contributed by atoms with van der Waals surface area (Å²) in [6.45, 7) is 3.91. The number of carbonyl (C=O) groups is 1. The van der Waals surface area contributed by atoms with Gasteiger partial charge in [0.15, 0.2) is 0 Å². The number of nitrogens with two attached hydrogens (primary N) is 1. The zero-order chi connectivity index (χ0) is 21.1. The highest BCUT2D eigenvalue weighted by molar-refractivity contribution is 5.92. The van der Waals surface area contributed by atoms with Gasteiger partial charge in [-0.05, 0) is 74.6 Å². The Hall–Kier alpha value is -1.85. The van der Waals surface area contributed by atoms with E-state index in [0.29, 0.717) is 17.4 Å². The fourth-order valence-corrected chi connectivity index (χ4v) is 5.77. The maximum atomic E-state index is 11.9. The van der Waals surface area contributed by atoms with Crippen molar-refractivity contribution in [3.63, 3.8) is 0 Å². The molecule has 4 atom stereocenters. The zero-order valence-electron chi connectivity index (χ0n) is 18.4. The summed E-state index contributed by atoms with van der Waals surface area (Å²) >= 11 is 0. The summed E-state index contributed by atoms with van der Waals surface area (Å²) in [5.41, 5.74) is 6.89. The second kappa shape index (κ2) is 9.11. The maximum absolute atomic E-state index is 11.9. The average Bonchev–Trinajstić information content (AvgIpc) is 3.48. The Bertz CT molecular complexity index is 780. The lowest BCUT2D eigenvalue weighted by molar-refractivity contribution is -0.137. The van der Waals surface area contributed by atoms with Crippen molar-refractivity contribution in [1.29, 1.82) is 0 Å². The third-order valence-corrected chi connectivity index (χ3v) is 7.33. The van der Waals surface area contributed by atoms with Gasteiger partial charge in [-0.2, -0.15) is 0 Å². The van der Waals surface area contributed by atoms with Crippen LogP contribution in [0.1, 0.15) is 67.8 Å². The first-order valence-electron chi connectivity index (χ1n) is 11.6. The number of hydrogen-bond donors (Lipinski definition) is 2. The van der Waals surface area contributed by atoms with Gasteiger partial charge in [0.25, 0.3) is 0 Å². The third kappa shape index (κ3) is 4.28. The van der Waals surface area contributed by atoms with Crippen LogP contribution in [0.3, 0.4) is 0 Å². The summed E-state index contributed by atoms with van der Waals surface area (Å²) in [4.78, 5) is 11.9. The topological polar surface area (TPSA) is 73.6 Å². The van der Waals surface area contributed by atoms with Crippen LogP contribution in [0.15, 0.2) is 36.1 Å². The molecule has 3 N–H and O–H groups in total. The molecule has 1 aromatic rings. The van der Waals surface area contributed by atoms with Gasteiger partial charge in [0.1, 0.15) is 0 Å². The van der Waals surface area contributed by atoms with Gasteiger partial charge in [0.2, 0.25) is 5.91 Å². The highest BCUT2D eigenvalue weighted by atomic mass is 16.5. The molecule has 1 aliphatic heterocycles. The molecule has 2 saturated carbocycles. The average molecular weight is 413 g/mol. The molecule has 4 rings (SSSR count). The molecule has 1 heterocycles. The quantitative estimate of drug-likeness (QED) is 0.673. The molecule has 0 spiro atoms. The molecular formula is C25H36N2O3. The van der Waals surface area contributed by atoms with Crippen LogP contribution in [0.4, 0.5) is 0 Å². The van der Waals surface area contributed by atoms with Gasteiger partial charge >= 0.3 is 0 Å². The van der Waals surface area contributed by atoms with Gasteiger partial charge in [-0.1, -0.05) is 18.6 Å². The molecule has 1 saturated heterocycles. The monoisotopic (exact) mass is 412 g/mol. The number of rotatable bonds is 8. The number of nitrogens with one attached hydrogen (secondary N) is 1. The van der Waals surface area contributed by atoms with Crippen molar-refractivity contribution in [1.82, 2.24) is 5.32 Å². The number of primary amides is 1. The van der Waals surface area contributed by atoms with Crippen LogP contribution in [0.5, 0.6) is 0 Å². The fraction of sp³-hybridized carbons (Fsp3) is 0.640. The second-order valence-corrected chi connectivity index (χ2v) is 9.30. The summed E-state index contributed by atoms with van der Waals surface area (Å²) in [5.74, 6) is 2.28. The molecule has 1 amide bonds. The standard InChI is InChI=1S/C25H36N2O3/c1-17(14-22-9-5-13-30-22)27-16-21-8-4-10-23(18-11-12-18)25(21,29-2)20-7-3-6-19(15-20)24(26)28/h3,6-7,14-15,17-18,21,23,27H,4-5,8-13,16H2,1-2H3,(H2,26,28)/b22-14-. The molecule has 5 heteroatoms. The van der Waals surface area contributed by atoms with Gasteiger partial charge in [0, 0.05) is 37.6 Å². The molecule has 0 radical (unpaired) electrons. The Labute approximate surface area is 180 Å². The number of carbonyl (C=O) groups excluding carboxylic acids is 1. The molecule has 164 valence electrons. The highest BCUT2D eigenvalue weighted by Crippen LogP contribution is 2.56. The smallest absolute Gasteiger partial charge is 0.248 e. The van der Waals surface area contributed by atoms with Crippen molar-refractivity contribution < 1.29 is 14.3 Å². The number of hydrogen-bond acceptors (Lipinski definition) is 4. The van der Waals surface area contributed by atoms with E-state index in [4.69, 9.17) is 15.2 Å². The molecular weight excluding hydrogens is 376 g/mol. The predicted molar refractivity (Wildman–Crippen MR) is 118 cm³/mol. The Balaban J connectivity index is 1.61. The number of amides is 1. The second-order valence-electron chi connectivity index (χ2n) is 9.30. The van der Waals surface area contributed by atoms with E-state index in [-0.39, 0.29) is 17.6 Å². The van der Waals surface area contributed by atoms with Crippen LogP contribution in [0.2, 0.25) is 0 Å². The first-order valence-corrected chi connectivity index (χ1v) is 11.6. The van der Waals surface area contributed by atoms with Crippen molar-refractivity contribution in [2.75, 3.05) is 20.3 Å². The van der Waals surface area contributed by atoms with E-state index in [1.54, 1.807) is 6.07 Å². The fourth-order valence-electron chi connectivity index (χ4n) is 5.77. The molecule has 3 aliphatic rings. The van der Waals surface area contributed by atoms with Crippen LogP contribution >= 0.6 is 0 Å². The van der Waals surface area contributed by atoms with E-state index in [1.165, 1.54) is 25.7 Å². The summed E-state index contributed by atoms with van der Waals surface area (Å²) in [7, 11) is 1.85. The molecule has 2 aliphatic carbocycles. The lowest BCUT2D eigenvalue weighted by Gasteiger charge is -2.50. The van der Waals surface area contributed by atoms with Crippen molar-refractivity contribution in [2.45, 2.75) is 63.5 Å². The van der Waals surface area contributed by atoms with Crippen molar-refractivity contribution >= 4 is 5.91 Å². The molecule has 0 aromatic heterocycles. The minimum Gasteiger partial charge on any atom is -0.498 e. The zero-order valence-corrected chi connectivity index (χ0v) is 18.4. The first-order chi connectivity index (χ1) is 14.5. The molecule has 4 unspecified atom stereocenters. The third-order valence-electron chi connectivity index (χ3n) is 7.33. The van der Waals surface area contributed by atoms with Gasteiger partial charge in [-0.15, -0.1) is 0 Å². The minimum absolute atomic E-state index is 0.255. The Morgan fingerprint density at radius 2 is 2.17 bits per heavy atom. The molecule has 30 heavy (non-hydrogen) atoms. The van der Waals surface area contributed by atoms with Gasteiger partial charge in [-0.3, -0.25) is 4.79 Å². The van der Waals surface area contributed by atoms with Crippen LogP contribution in [0, 0.1) is 17.8 Å². The lowest BCUT2D eigenvalue weighted by Crippen LogP contribution is -2.52. The number of methoxy groups -OCH3 is 1. The maximum Gasteiger partial charge on any atom is 0.248 e. The lowest BCUT2D eigenvalue weighted by atomic mass is 9.63. The number of benzene rings is 1. The molecule has 0 bridgehead atoms. The van der Waals surface area contributed by atoms with E-state index >= 15 is 0 Å². The van der Waals surface area contributed by atoms with Crippen LogP contribution < -0.4 is 11.1 Å². The summed E-state index contributed by atoms with van der Waals surface area (Å²) < 4.78 is 12.2. The van der Waals surface area contributed by atoms with Crippen LogP contribution in [-0.4, -0.2) is 32.2 Å². The highest BCUT2D eigenvalue weighted by Gasteiger charge is 2.54. The van der Waals surface area contributed by atoms with Crippen molar-refractivity contribution in [3.8, 4) is 0 Å².